The zero-order valence-corrected chi connectivity index (χ0v) is 26.8. The molecular formula is C39H37ClNOSi. The van der Waals surface area contributed by atoms with Crippen LogP contribution in [0.3, 0.4) is 0 Å². The van der Waals surface area contributed by atoms with Crippen LogP contribution in [-0.4, -0.2) is 19.5 Å². The van der Waals surface area contributed by atoms with Crippen molar-refractivity contribution >= 4 is 41.2 Å². The molecule has 1 heterocycles. The summed E-state index contributed by atoms with van der Waals surface area (Å²) >= 11 is 6.50. The monoisotopic (exact) mass is 598 g/mol. The van der Waals surface area contributed by atoms with Gasteiger partial charge in [-0.1, -0.05) is 154 Å². The van der Waals surface area contributed by atoms with Gasteiger partial charge in [0.2, 0.25) is 0 Å². The molecule has 0 unspecified atom stereocenters. The second kappa shape index (κ2) is 12.4. The van der Waals surface area contributed by atoms with E-state index in [2.05, 4.69) is 159 Å². The van der Waals surface area contributed by atoms with Gasteiger partial charge in [-0.2, -0.15) is 0 Å². The van der Waals surface area contributed by atoms with Gasteiger partial charge in [-0.15, -0.1) is 0 Å². The number of halogens is 1. The van der Waals surface area contributed by atoms with Crippen LogP contribution in [-0.2, 0) is 10.8 Å². The molecule has 0 amide bonds. The SMILES string of the molecule is CC(C)(C)[Si](OCCc1[c]c2cc(Cl)ccc2n1C(c1ccccc1)c1ccccc1)(c1ccccc1)c1ccccc1. The summed E-state index contributed by atoms with van der Waals surface area (Å²) in [4.78, 5) is 0. The van der Waals surface area contributed by atoms with E-state index in [1.165, 1.54) is 21.5 Å². The van der Waals surface area contributed by atoms with E-state index in [4.69, 9.17) is 16.0 Å². The number of aromatic nitrogens is 1. The Morgan fingerprint density at radius 2 is 1.19 bits per heavy atom. The number of hydrogen-bond acceptors (Lipinski definition) is 1. The molecule has 215 valence electrons. The molecular weight excluding hydrogens is 562 g/mol. The smallest absolute Gasteiger partial charge is 0.261 e. The quantitative estimate of drug-likeness (QED) is 0.152. The molecule has 0 saturated heterocycles. The molecule has 0 spiro atoms. The molecule has 0 saturated carbocycles. The third-order valence-corrected chi connectivity index (χ3v) is 13.6. The van der Waals surface area contributed by atoms with Crippen molar-refractivity contribution < 1.29 is 4.43 Å². The Morgan fingerprint density at radius 3 is 1.67 bits per heavy atom. The molecule has 0 aliphatic rings. The van der Waals surface area contributed by atoms with Gasteiger partial charge >= 0.3 is 0 Å². The fraction of sp³-hybridized carbons (Fsp3) is 0.179. The van der Waals surface area contributed by atoms with E-state index >= 15 is 0 Å². The highest BCUT2D eigenvalue weighted by Crippen LogP contribution is 2.38. The topological polar surface area (TPSA) is 14.2 Å². The second-order valence-corrected chi connectivity index (χ2v) is 16.8. The molecule has 0 bridgehead atoms. The summed E-state index contributed by atoms with van der Waals surface area (Å²) in [6, 6.07) is 53.0. The summed E-state index contributed by atoms with van der Waals surface area (Å²) in [7, 11) is -2.67. The van der Waals surface area contributed by atoms with Gasteiger partial charge in [0, 0.05) is 40.7 Å². The van der Waals surface area contributed by atoms with Crippen LogP contribution >= 0.6 is 11.6 Å². The van der Waals surface area contributed by atoms with E-state index < -0.39 is 8.32 Å². The van der Waals surface area contributed by atoms with Gasteiger partial charge in [-0.05, 0) is 44.7 Å². The second-order valence-electron chi connectivity index (χ2n) is 12.1. The van der Waals surface area contributed by atoms with Crippen LogP contribution in [0.15, 0.2) is 140 Å². The molecule has 5 aromatic carbocycles. The van der Waals surface area contributed by atoms with Crippen LogP contribution in [0.25, 0.3) is 10.9 Å². The molecule has 0 fully saturated rings. The van der Waals surface area contributed by atoms with Crippen molar-refractivity contribution in [2.24, 2.45) is 0 Å². The normalized spacial score (nSPS) is 12.2. The average molecular weight is 599 g/mol. The molecule has 6 aromatic rings. The van der Waals surface area contributed by atoms with Gasteiger partial charge < -0.3 is 8.99 Å². The minimum absolute atomic E-state index is 0.0137. The molecule has 0 aliphatic carbocycles. The molecule has 1 aromatic heterocycles. The Kier molecular flexibility index (Phi) is 8.40. The molecule has 0 aliphatic heterocycles. The van der Waals surface area contributed by atoms with Crippen molar-refractivity contribution in [1.82, 2.24) is 4.57 Å². The maximum atomic E-state index is 7.32. The highest BCUT2D eigenvalue weighted by Gasteiger charge is 2.50. The fourth-order valence-corrected chi connectivity index (χ4v) is 11.2. The van der Waals surface area contributed by atoms with Gasteiger partial charge in [0.25, 0.3) is 8.32 Å². The molecule has 0 atom stereocenters. The van der Waals surface area contributed by atoms with E-state index in [1.54, 1.807) is 0 Å². The number of nitrogens with zero attached hydrogens (tertiary/aromatic N) is 1. The van der Waals surface area contributed by atoms with Gasteiger partial charge in [-0.25, -0.2) is 0 Å². The van der Waals surface area contributed by atoms with Crippen molar-refractivity contribution in [2.45, 2.75) is 38.3 Å². The van der Waals surface area contributed by atoms with Crippen molar-refractivity contribution in [3.05, 3.63) is 167 Å². The van der Waals surface area contributed by atoms with Gasteiger partial charge in [0.15, 0.2) is 0 Å². The lowest BCUT2D eigenvalue weighted by Crippen LogP contribution is -2.66. The van der Waals surface area contributed by atoms with Gasteiger partial charge in [0.05, 0.1) is 6.04 Å². The largest absolute Gasteiger partial charge is 0.407 e. The highest BCUT2D eigenvalue weighted by molar-refractivity contribution is 6.99. The summed E-state index contributed by atoms with van der Waals surface area (Å²) in [6.45, 7) is 7.55. The average Bonchev–Trinajstić information content (AvgIpc) is 3.37. The standard InChI is InChI=1S/C39H37ClNOSi/c1-39(2,3)43(35-20-12-6-13-21-35,36-22-14-7-15-23-36)42-27-26-34-29-32-28-33(40)24-25-37(32)41(34)38(30-16-8-4-9-17-30)31-18-10-5-11-19-31/h4-25,28,38H,26-27H2,1-3H3. The molecule has 2 nitrogen and oxygen atoms in total. The van der Waals surface area contributed by atoms with E-state index in [-0.39, 0.29) is 11.1 Å². The van der Waals surface area contributed by atoms with E-state index in [0.29, 0.717) is 18.1 Å². The Morgan fingerprint density at radius 1 is 0.698 bits per heavy atom. The van der Waals surface area contributed by atoms with Crippen LogP contribution in [0.2, 0.25) is 10.1 Å². The summed E-state index contributed by atoms with van der Waals surface area (Å²) in [5.74, 6) is 0. The van der Waals surface area contributed by atoms with Crippen LogP contribution in [0.5, 0.6) is 0 Å². The Balaban J connectivity index is 1.46. The first-order valence-electron chi connectivity index (χ1n) is 14.9. The van der Waals surface area contributed by atoms with Crippen LogP contribution < -0.4 is 10.4 Å². The van der Waals surface area contributed by atoms with Crippen molar-refractivity contribution in [3.8, 4) is 0 Å². The summed E-state index contributed by atoms with van der Waals surface area (Å²) in [5.41, 5.74) is 4.67. The minimum Gasteiger partial charge on any atom is -0.407 e. The Hall–Kier alpha value is -3.89. The maximum Gasteiger partial charge on any atom is 0.261 e. The Bertz CT molecular complexity index is 1700. The third-order valence-electron chi connectivity index (χ3n) is 8.35. The highest BCUT2D eigenvalue weighted by atomic mass is 35.5. The fourth-order valence-electron chi connectivity index (χ4n) is 6.48. The molecule has 6 rings (SSSR count). The zero-order valence-electron chi connectivity index (χ0n) is 25.0. The maximum absolute atomic E-state index is 7.32. The summed E-state index contributed by atoms with van der Waals surface area (Å²) in [5, 5.41) is 4.22. The minimum atomic E-state index is -2.67. The number of benzene rings is 5. The van der Waals surface area contributed by atoms with E-state index in [0.717, 1.165) is 16.6 Å². The van der Waals surface area contributed by atoms with Crippen LogP contribution in [0.1, 0.15) is 43.6 Å². The lowest BCUT2D eigenvalue weighted by Gasteiger charge is -2.43. The molecule has 4 heteroatoms. The first-order valence-corrected chi connectivity index (χ1v) is 17.2. The van der Waals surface area contributed by atoms with Crippen molar-refractivity contribution in [2.75, 3.05) is 6.61 Å². The first kappa shape index (κ1) is 29.2. The van der Waals surface area contributed by atoms with Gasteiger partial charge in [0.1, 0.15) is 0 Å². The lowest BCUT2D eigenvalue weighted by molar-refractivity contribution is 0.299. The number of hydrogen-bond donors (Lipinski definition) is 0. The van der Waals surface area contributed by atoms with E-state index in [1.807, 2.05) is 12.1 Å². The summed E-state index contributed by atoms with van der Waals surface area (Å²) < 4.78 is 9.75. The molecule has 1 radical (unpaired) electrons. The molecule has 43 heavy (non-hydrogen) atoms. The zero-order chi connectivity index (χ0) is 29.9. The third kappa shape index (κ3) is 5.73. The number of fused-ring (bicyclic) bond motifs is 1. The summed E-state index contributed by atoms with van der Waals surface area (Å²) in [6.07, 6.45) is 0.715. The lowest BCUT2D eigenvalue weighted by atomic mass is 9.98. The van der Waals surface area contributed by atoms with Gasteiger partial charge in [-0.3, -0.25) is 0 Å². The van der Waals surface area contributed by atoms with Crippen molar-refractivity contribution in [3.63, 3.8) is 0 Å². The van der Waals surface area contributed by atoms with Crippen LogP contribution in [0, 0.1) is 6.07 Å². The Labute approximate surface area is 261 Å². The predicted molar refractivity (Wildman–Crippen MR) is 183 cm³/mol. The van der Waals surface area contributed by atoms with Crippen LogP contribution in [0.4, 0.5) is 0 Å². The first-order chi connectivity index (χ1) is 20.9. The predicted octanol–water partition coefficient (Wildman–Crippen LogP) is 8.85. The molecule has 0 N–H and O–H groups in total. The van der Waals surface area contributed by atoms with E-state index in [9.17, 15) is 0 Å². The number of rotatable bonds is 9. The van der Waals surface area contributed by atoms with Crippen molar-refractivity contribution in [1.29, 1.82) is 0 Å².